The van der Waals surface area contributed by atoms with Crippen molar-refractivity contribution < 1.29 is 9.53 Å². The van der Waals surface area contributed by atoms with Gasteiger partial charge >= 0.3 is 5.97 Å². The van der Waals surface area contributed by atoms with E-state index in [1.165, 1.54) is 16.2 Å². The highest BCUT2D eigenvalue weighted by atomic mass is 16.5. The maximum atomic E-state index is 12.2. The Morgan fingerprint density at radius 1 is 0.935 bits per heavy atom. The summed E-state index contributed by atoms with van der Waals surface area (Å²) in [4.78, 5) is 16.7. The molecule has 0 aliphatic carbocycles. The van der Waals surface area contributed by atoms with Gasteiger partial charge in [-0.25, -0.2) is 4.79 Å². The van der Waals surface area contributed by atoms with Crippen molar-refractivity contribution in [2.45, 2.75) is 6.92 Å². The topological polar surface area (TPSA) is 57.0 Å². The van der Waals surface area contributed by atoms with Crippen LogP contribution in [0.4, 0.5) is 0 Å². The summed E-state index contributed by atoms with van der Waals surface area (Å²) < 4.78 is 6.94. The minimum Gasteiger partial charge on any atom is -0.462 e. The van der Waals surface area contributed by atoms with Crippen LogP contribution in [0.1, 0.15) is 17.3 Å². The van der Waals surface area contributed by atoms with Crippen molar-refractivity contribution in [3.05, 3.63) is 84.7 Å². The Kier molecular flexibility index (Phi) is 4.71. The standard InChI is InChI=1S/C26H21N3O2/c1-3-31-26(30)18-12-13-27-24(15-18)25-23(16-29(2)28-25)22-14-17-8-4-5-9-19(17)20-10-6-7-11-21(20)22/h4-16H,3H2,1-2H3. The van der Waals surface area contributed by atoms with Crippen molar-refractivity contribution in [2.75, 3.05) is 6.61 Å². The maximum Gasteiger partial charge on any atom is 0.338 e. The zero-order valence-corrected chi connectivity index (χ0v) is 17.4. The van der Waals surface area contributed by atoms with Crippen molar-refractivity contribution >= 4 is 27.5 Å². The fourth-order valence-corrected chi connectivity index (χ4v) is 4.05. The van der Waals surface area contributed by atoms with Gasteiger partial charge in [-0.3, -0.25) is 9.67 Å². The smallest absolute Gasteiger partial charge is 0.338 e. The number of hydrogen-bond acceptors (Lipinski definition) is 4. The van der Waals surface area contributed by atoms with Gasteiger partial charge in [-0.15, -0.1) is 0 Å². The molecule has 0 aliphatic rings. The molecule has 0 saturated carbocycles. The number of benzene rings is 3. The molecule has 2 aromatic heterocycles. The van der Waals surface area contributed by atoms with Crippen LogP contribution in [-0.2, 0) is 11.8 Å². The number of esters is 1. The molecule has 0 radical (unpaired) electrons. The normalized spacial score (nSPS) is 11.2. The molecular weight excluding hydrogens is 386 g/mol. The van der Waals surface area contributed by atoms with Crippen LogP contribution in [0.25, 0.3) is 44.1 Å². The Morgan fingerprint density at radius 2 is 1.68 bits per heavy atom. The van der Waals surface area contributed by atoms with Crippen molar-refractivity contribution in [2.24, 2.45) is 7.05 Å². The van der Waals surface area contributed by atoms with Gasteiger partial charge in [-0.05, 0) is 52.2 Å². The number of fused-ring (bicyclic) bond motifs is 3. The molecule has 0 amide bonds. The summed E-state index contributed by atoms with van der Waals surface area (Å²) in [6.07, 6.45) is 3.63. The van der Waals surface area contributed by atoms with Crippen molar-refractivity contribution in [1.29, 1.82) is 0 Å². The number of hydrogen-bond donors (Lipinski definition) is 0. The van der Waals surface area contributed by atoms with Crippen LogP contribution in [0.3, 0.4) is 0 Å². The second-order valence-corrected chi connectivity index (χ2v) is 7.41. The number of aryl methyl sites for hydroxylation is 1. The van der Waals surface area contributed by atoms with Crippen LogP contribution >= 0.6 is 0 Å². The lowest BCUT2D eigenvalue weighted by Gasteiger charge is -2.11. The fourth-order valence-electron chi connectivity index (χ4n) is 4.05. The molecule has 0 saturated heterocycles. The molecule has 0 fully saturated rings. The summed E-state index contributed by atoms with van der Waals surface area (Å²) in [7, 11) is 1.89. The van der Waals surface area contributed by atoms with Crippen LogP contribution in [0.5, 0.6) is 0 Å². The van der Waals surface area contributed by atoms with E-state index in [9.17, 15) is 4.79 Å². The number of nitrogens with zero attached hydrogens (tertiary/aromatic N) is 3. The summed E-state index contributed by atoms with van der Waals surface area (Å²) >= 11 is 0. The Labute approximate surface area is 179 Å². The zero-order chi connectivity index (χ0) is 21.4. The average molecular weight is 407 g/mol. The number of carbonyl (C=O) groups excluding carboxylic acids is 1. The highest BCUT2D eigenvalue weighted by Gasteiger charge is 2.18. The van der Waals surface area contributed by atoms with Gasteiger partial charge in [0.2, 0.25) is 0 Å². The first-order valence-corrected chi connectivity index (χ1v) is 10.2. The highest BCUT2D eigenvalue weighted by Crippen LogP contribution is 2.38. The summed E-state index contributed by atoms with van der Waals surface area (Å²) in [5.74, 6) is -0.361. The Hall–Kier alpha value is -3.99. The molecule has 152 valence electrons. The monoisotopic (exact) mass is 407 g/mol. The predicted molar refractivity (Wildman–Crippen MR) is 123 cm³/mol. The van der Waals surface area contributed by atoms with Gasteiger partial charge in [0, 0.05) is 25.0 Å². The molecule has 0 aliphatic heterocycles. The number of pyridine rings is 1. The number of rotatable bonds is 4. The molecule has 0 atom stereocenters. The predicted octanol–water partition coefficient (Wildman–Crippen LogP) is 5.63. The molecule has 0 N–H and O–H groups in total. The lowest BCUT2D eigenvalue weighted by Crippen LogP contribution is -2.05. The summed E-state index contributed by atoms with van der Waals surface area (Å²) in [5, 5.41) is 9.42. The minimum absolute atomic E-state index is 0.328. The Bertz CT molecular complexity index is 1440. The highest BCUT2D eigenvalue weighted by molar-refractivity contribution is 6.14. The second kappa shape index (κ2) is 7.69. The number of ether oxygens (including phenoxy) is 1. The first-order chi connectivity index (χ1) is 15.2. The summed E-state index contributed by atoms with van der Waals surface area (Å²) in [6.45, 7) is 2.12. The lowest BCUT2D eigenvalue weighted by molar-refractivity contribution is 0.0526. The fraction of sp³-hybridized carbons (Fsp3) is 0.115. The molecule has 2 heterocycles. The molecule has 5 rings (SSSR count). The SMILES string of the molecule is CCOC(=O)c1ccnc(-c2nn(C)cc2-c2cc3ccccc3c3ccccc23)c1. The van der Waals surface area contributed by atoms with Gasteiger partial charge in [0.15, 0.2) is 0 Å². The largest absolute Gasteiger partial charge is 0.462 e. The van der Waals surface area contributed by atoms with Crippen molar-refractivity contribution in [3.8, 4) is 22.5 Å². The van der Waals surface area contributed by atoms with E-state index in [2.05, 4.69) is 59.6 Å². The molecule has 31 heavy (non-hydrogen) atoms. The van der Waals surface area contributed by atoms with E-state index in [-0.39, 0.29) is 5.97 Å². The van der Waals surface area contributed by atoms with Gasteiger partial charge in [-0.2, -0.15) is 5.10 Å². The first kappa shape index (κ1) is 19.0. The minimum atomic E-state index is -0.361. The van der Waals surface area contributed by atoms with Crippen LogP contribution in [-0.4, -0.2) is 27.3 Å². The van der Waals surface area contributed by atoms with E-state index >= 15 is 0 Å². The summed E-state index contributed by atoms with van der Waals surface area (Å²) in [6, 6.07) is 22.4. The maximum absolute atomic E-state index is 12.2. The van der Waals surface area contributed by atoms with E-state index in [1.54, 1.807) is 29.9 Å². The van der Waals surface area contributed by atoms with Gasteiger partial charge in [-0.1, -0.05) is 48.5 Å². The van der Waals surface area contributed by atoms with Gasteiger partial charge < -0.3 is 4.74 Å². The lowest BCUT2D eigenvalue weighted by atomic mass is 9.93. The Morgan fingerprint density at radius 3 is 2.48 bits per heavy atom. The molecule has 5 aromatic rings. The van der Waals surface area contributed by atoms with Crippen LogP contribution in [0.15, 0.2) is 79.1 Å². The van der Waals surface area contributed by atoms with Crippen LogP contribution in [0.2, 0.25) is 0 Å². The van der Waals surface area contributed by atoms with E-state index in [4.69, 9.17) is 9.84 Å². The van der Waals surface area contributed by atoms with Gasteiger partial charge in [0.1, 0.15) is 5.69 Å². The third-order valence-electron chi connectivity index (χ3n) is 5.40. The molecule has 3 aromatic carbocycles. The van der Waals surface area contributed by atoms with E-state index in [1.807, 2.05) is 13.2 Å². The van der Waals surface area contributed by atoms with Gasteiger partial charge in [0.05, 0.1) is 17.9 Å². The number of aromatic nitrogens is 3. The first-order valence-electron chi connectivity index (χ1n) is 10.2. The quantitative estimate of drug-likeness (QED) is 0.286. The van der Waals surface area contributed by atoms with E-state index in [0.29, 0.717) is 17.9 Å². The second-order valence-electron chi connectivity index (χ2n) is 7.41. The zero-order valence-electron chi connectivity index (χ0n) is 17.4. The average Bonchev–Trinajstić information content (AvgIpc) is 3.20. The van der Waals surface area contributed by atoms with Crippen molar-refractivity contribution in [1.82, 2.24) is 14.8 Å². The molecule has 0 bridgehead atoms. The molecule has 5 heteroatoms. The van der Waals surface area contributed by atoms with Gasteiger partial charge in [0.25, 0.3) is 0 Å². The van der Waals surface area contributed by atoms with E-state index < -0.39 is 0 Å². The third kappa shape index (κ3) is 3.34. The summed E-state index contributed by atoms with van der Waals surface area (Å²) in [5.41, 5.74) is 3.89. The van der Waals surface area contributed by atoms with Crippen LogP contribution < -0.4 is 0 Å². The number of carbonyl (C=O) groups is 1. The molecular formula is C26H21N3O2. The van der Waals surface area contributed by atoms with E-state index in [0.717, 1.165) is 22.2 Å². The third-order valence-corrected chi connectivity index (χ3v) is 5.40. The Balaban J connectivity index is 1.75. The van der Waals surface area contributed by atoms with Crippen LogP contribution in [0, 0.1) is 0 Å². The molecule has 5 nitrogen and oxygen atoms in total. The molecule has 0 spiro atoms. The molecule has 0 unspecified atom stereocenters. The van der Waals surface area contributed by atoms with Crippen molar-refractivity contribution in [3.63, 3.8) is 0 Å².